The summed E-state index contributed by atoms with van der Waals surface area (Å²) in [5.41, 5.74) is 0.639. The quantitative estimate of drug-likeness (QED) is 0.835. The van der Waals surface area contributed by atoms with E-state index in [9.17, 15) is 4.79 Å². The Labute approximate surface area is 102 Å². The Morgan fingerprint density at radius 2 is 2.24 bits per heavy atom. The molecular formula is C12H20N4O. The summed E-state index contributed by atoms with van der Waals surface area (Å²) < 4.78 is 1.89. The van der Waals surface area contributed by atoms with Gasteiger partial charge in [-0.15, -0.1) is 0 Å². The molecule has 0 spiro atoms. The fraction of sp³-hybridized carbons (Fsp3) is 0.667. The van der Waals surface area contributed by atoms with Crippen LogP contribution in [0.2, 0.25) is 0 Å². The molecule has 0 radical (unpaired) electrons. The molecule has 94 valence electrons. The highest BCUT2D eigenvalue weighted by Gasteiger charge is 2.17. The number of aromatic nitrogens is 2. The zero-order chi connectivity index (χ0) is 12.3. The Bertz CT molecular complexity index is 380. The smallest absolute Gasteiger partial charge is 0.254 e. The minimum absolute atomic E-state index is 0.0698. The van der Waals surface area contributed by atoms with Gasteiger partial charge in [-0.05, 0) is 38.9 Å². The van der Waals surface area contributed by atoms with Gasteiger partial charge in [0.2, 0.25) is 0 Å². The fourth-order valence-corrected chi connectivity index (χ4v) is 2.23. The van der Waals surface area contributed by atoms with Crippen LogP contribution in [0.1, 0.15) is 23.2 Å². The van der Waals surface area contributed by atoms with Crippen LogP contribution in [-0.2, 0) is 6.54 Å². The van der Waals surface area contributed by atoms with Gasteiger partial charge in [-0.25, -0.2) is 0 Å². The Kier molecular flexibility index (Phi) is 3.78. The fourth-order valence-electron chi connectivity index (χ4n) is 2.23. The van der Waals surface area contributed by atoms with Crippen LogP contribution < -0.4 is 5.32 Å². The van der Waals surface area contributed by atoms with E-state index in [-0.39, 0.29) is 5.91 Å². The molecule has 1 saturated heterocycles. The highest BCUT2D eigenvalue weighted by molar-refractivity contribution is 5.93. The molecule has 5 nitrogen and oxygen atoms in total. The second-order valence-electron chi connectivity index (χ2n) is 4.78. The van der Waals surface area contributed by atoms with Crippen LogP contribution in [0.4, 0.5) is 0 Å². The maximum absolute atomic E-state index is 11.4. The molecule has 1 aromatic rings. The van der Waals surface area contributed by atoms with Gasteiger partial charge in [0.15, 0.2) is 0 Å². The van der Waals surface area contributed by atoms with Gasteiger partial charge < -0.3 is 10.2 Å². The summed E-state index contributed by atoms with van der Waals surface area (Å²) in [4.78, 5) is 13.7. The Morgan fingerprint density at radius 3 is 2.88 bits per heavy atom. The van der Waals surface area contributed by atoms with Crippen LogP contribution in [0.3, 0.4) is 0 Å². The molecule has 0 atom stereocenters. The number of carbonyl (C=O) groups excluding carboxylic acids is 1. The van der Waals surface area contributed by atoms with Gasteiger partial charge in [0, 0.05) is 19.8 Å². The molecule has 17 heavy (non-hydrogen) atoms. The van der Waals surface area contributed by atoms with Gasteiger partial charge in [0.25, 0.3) is 5.91 Å². The van der Waals surface area contributed by atoms with Gasteiger partial charge in [-0.2, -0.15) is 5.10 Å². The molecule has 0 aliphatic carbocycles. The molecule has 1 aromatic heterocycles. The van der Waals surface area contributed by atoms with Crippen molar-refractivity contribution in [1.29, 1.82) is 0 Å². The number of rotatable bonds is 3. The lowest BCUT2D eigenvalue weighted by atomic mass is 9.97. The highest BCUT2D eigenvalue weighted by Crippen LogP contribution is 2.17. The highest BCUT2D eigenvalue weighted by atomic mass is 16.1. The minimum Gasteiger partial charge on any atom is -0.355 e. The average molecular weight is 236 g/mol. The van der Waals surface area contributed by atoms with Gasteiger partial charge >= 0.3 is 0 Å². The zero-order valence-electron chi connectivity index (χ0n) is 10.5. The van der Waals surface area contributed by atoms with Crippen LogP contribution in [0.25, 0.3) is 0 Å². The maximum atomic E-state index is 11.4. The van der Waals surface area contributed by atoms with Crippen molar-refractivity contribution in [3.63, 3.8) is 0 Å². The number of nitrogens with one attached hydrogen (secondary N) is 1. The lowest BCUT2D eigenvalue weighted by Crippen LogP contribution is -2.32. The van der Waals surface area contributed by atoms with E-state index in [0.717, 1.165) is 19.6 Å². The molecule has 1 aliphatic heterocycles. The van der Waals surface area contributed by atoms with Gasteiger partial charge in [0.1, 0.15) is 0 Å². The number of amides is 1. The molecular weight excluding hydrogens is 216 g/mol. The average Bonchev–Trinajstić information content (AvgIpc) is 2.80. The van der Waals surface area contributed by atoms with E-state index in [0.29, 0.717) is 11.5 Å². The van der Waals surface area contributed by atoms with Gasteiger partial charge in [0.05, 0.1) is 11.8 Å². The van der Waals surface area contributed by atoms with Crippen molar-refractivity contribution < 1.29 is 4.79 Å². The summed E-state index contributed by atoms with van der Waals surface area (Å²) in [6.45, 7) is 3.24. The Hall–Kier alpha value is -1.36. The standard InChI is InChI=1S/C12H20N4O/c1-13-12(17)11-7-14-16(9-11)8-10-3-5-15(2)6-4-10/h7,9-10H,3-6,8H2,1-2H3,(H,13,17). The second-order valence-corrected chi connectivity index (χ2v) is 4.78. The first-order valence-corrected chi connectivity index (χ1v) is 6.12. The van der Waals surface area contributed by atoms with E-state index in [4.69, 9.17) is 0 Å². The van der Waals surface area contributed by atoms with Gasteiger partial charge in [-0.3, -0.25) is 9.48 Å². The molecule has 2 heterocycles. The number of likely N-dealkylation sites (tertiary alicyclic amines) is 1. The van der Waals surface area contributed by atoms with E-state index in [1.807, 2.05) is 10.9 Å². The lowest BCUT2D eigenvalue weighted by Gasteiger charge is -2.28. The topological polar surface area (TPSA) is 50.2 Å². The maximum Gasteiger partial charge on any atom is 0.254 e. The van der Waals surface area contributed by atoms with Crippen LogP contribution in [0.5, 0.6) is 0 Å². The summed E-state index contributed by atoms with van der Waals surface area (Å²) in [6.07, 6.45) is 5.89. The van der Waals surface area contributed by atoms with Crippen LogP contribution >= 0.6 is 0 Å². The van der Waals surface area contributed by atoms with Crippen LogP contribution in [0, 0.1) is 5.92 Å². The van der Waals surface area contributed by atoms with Crippen molar-refractivity contribution in [2.75, 3.05) is 27.2 Å². The van der Waals surface area contributed by atoms with E-state index in [1.165, 1.54) is 12.8 Å². The lowest BCUT2D eigenvalue weighted by molar-refractivity contribution is 0.0963. The molecule has 5 heteroatoms. The number of carbonyl (C=O) groups is 1. The molecule has 0 aromatic carbocycles. The Morgan fingerprint density at radius 1 is 1.53 bits per heavy atom. The SMILES string of the molecule is CNC(=O)c1cnn(CC2CCN(C)CC2)c1. The molecule has 1 fully saturated rings. The first kappa shape index (κ1) is 12.1. The summed E-state index contributed by atoms with van der Waals surface area (Å²) in [5, 5.41) is 6.85. The molecule has 0 bridgehead atoms. The molecule has 0 saturated carbocycles. The predicted octanol–water partition coefficient (Wildman–Crippen LogP) is 0.584. The first-order valence-electron chi connectivity index (χ1n) is 6.12. The third-order valence-corrected chi connectivity index (χ3v) is 3.41. The minimum atomic E-state index is -0.0698. The van der Waals surface area contributed by atoms with E-state index >= 15 is 0 Å². The molecule has 0 unspecified atom stereocenters. The Balaban J connectivity index is 1.90. The van der Waals surface area contributed by atoms with Crippen LogP contribution in [-0.4, -0.2) is 47.8 Å². The normalized spacial score (nSPS) is 18.2. The number of hydrogen-bond donors (Lipinski definition) is 1. The number of nitrogens with zero attached hydrogens (tertiary/aromatic N) is 3. The molecule has 1 amide bonds. The van der Waals surface area contributed by atoms with Crippen molar-refractivity contribution in [3.05, 3.63) is 18.0 Å². The second kappa shape index (κ2) is 5.31. The largest absolute Gasteiger partial charge is 0.355 e. The summed E-state index contributed by atoms with van der Waals surface area (Å²) >= 11 is 0. The summed E-state index contributed by atoms with van der Waals surface area (Å²) in [6, 6.07) is 0. The van der Waals surface area contributed by atoms with Crippen molar-refractivity contribution in [2.24, 2.45) is 5.92 Å². The molecule has 2 rings (SSSR count). The van der Waals surface area contributed by atoms with Crippen molar-refractivity contribution >= 4 is 5.91 Å². The number of piperidine rings is 1. The molecule has 1 N–H and O–H groups in total. The van der Waals surface area contributed by atoms with Crippen molar-refractivity contribution in [3.8, 4) is 0 Å². The zero-order valence-corrected chi connectivity index (χ0v) is 10.5. The summed E-state index contributed by atoms with van der Waals surface area (Å²) in [7, 11) is 3.80. The van der Waals surface area contributed by atoms with Gasteiger partial charge in [-0.1, -0.05) is 0 Å². The number of hydrogen-bond acceptors (Lipinski definition) is 3. The third-order valence-electron chi connectivity index (χ3n) is 3.41. The molecule has 1 aliphatic rings. The third kappa shape index (κ3) is 3.06. The van der Waals surface area contributed by atoms with E-state index < -0.39 is 0 Å². The predicted molar refractivity (Wildman–Crippen MR) is 65.8 cm³/mol. The van der Waals surface area contributed by atoms with Crippen molar-refractivity contribution in [1.82, 2.24) is 20.0 Å². The summed E-state index contributed by atoms with van der Waals surface area (Å²) in [5.74, 6) is 0.614. The first-order chi connectivity index (χ1) is 8.19. The monoisotopic (exact) mass is 236 g/mol. The van der Waals surface area contributed by atoms with E-state index in [1.54, 1.807) is 13.2 Å². The van der Waals surface area contributed by atoms with Crippen molar-refractivity contribution in [2.45, 2.75) is 19.4 Å². The van der Waals surface area contributed by atoms with E-state index in [2.05, 4.69) is 22.4 Å². The van der Waals surface area contributed by atoms with Crippen LogP contribution in [0.15, 0.2) is 12.4 Å².